The summed E-state index contributed by atoms with van der Waals surface area (Å²) in [5, 5.41) is 0. The monoisotopic (exact) mass is 371 g/mol. The molecular weight excluding hydrogens is 338 g/mol. The van der Waals surface area contributed by atoms with E-state index in [1.54, 1.807) is 0 Å². The minimum Gasteiger partial charge on any atom is -0.490 e. The number of aromatic nitrogens is 1. The van der Waals surface area contributed by atoms with E-state index < -0.39 is 0 Å². The number of likely N-dealkylation sites (tertiary alicyclic amines) is 1. The zero-order chi connectivity index (χ0) is 18.3. The minimum absolute atomic E-state index is 0.224. The highest BCUT2D eigenvalue weighted by atomic mass is 16.5. The molecule has 5 nitrogen and oxygen atoms in total. The average Bonchev–Trinajstić information content (AvgIpc) is 3.09. The quantitative estimate of drug-likeness (QED) is 0.768. The van der Waals surface area contributed by atoms with Gasteiger partial charge in [-0.2, -0.15) is 0 Å². The van der Waals surface area contributed by atoms with Crippen molar-refractivity contribution in [2.75, 3.05) is 39.8 Å². The van der Waals surface area contributed by atoms with Crippen molar-refractivity contribution < 1.29 is 9.47 Å². The van der Waals surface area contributed by atoms with Crippen LogP contribution in [0.4, 0.5) is 0 Å². The molecule has 1 atom stereocenters. The second-order valence-corrected chi connectivity index (χ2v) is 9.07. The standard InChI is InChI=1S/C22H33N3O2/c1-24-13-9-18-21(20(8-11-23-18)27-17-5-2-6-17)19(24)7-3-12-25-15-22(16-25)10-4-14-26-22/h8,11,17,19H,2-7,9-10,12-16H2,1H3. The molecule has 5 rings (SSSR count). The molecule has 1 unspecified atom stereocenters. The van der Waals surface area contributed by atoms with Gasteiger partial charge in [-0.1, -0.05) is 0 Å². The highest BCUT2D eigenvalue weighted by molar-refractivity contribution is 5.40. The predicted octanol–water partition coefficient (Wildman–Crippen LogP) is 3.19. The lowest BCUT2D eigenvalue weighted by Crippen LogP contribution is -2.61. The fourth-order valence-corrected chi connectivity index (χ4v) is 5.29. The Balaban J connectivity index is 1.22. The van der Waals surface area contributed by atoms with Gasteiger partial charge in [-0.15, -0.1) is 0 Å². The molecule has 1 aliphatic carbocycles. The van der Waals surface area contributed by atoms with Crippen LogP contribution in [0.15, 0.2) is 12.3 Å². The van der Waals surface area contributed by atoms with Crippen LogP contribution in [0, 0.1) is 0 Å². The van der Waals surface area contributed by atoms with E-state index in [2.05, 4.69) is 22.9 Å². The molecular formula is C22H33N3O2. The Kier molecular flexibility index (Phi) is 4.87. The Morgan fingerprint density at radius 1 is 1.30 bits per heavy atom. The van der Waals surface area contributed by atoms with Crippen molar-refractivity contribution in [1.29, 1.82) is 0 Å². The molecule has 0 radical (unpaired) electrons. The predicted molar refractivity (Wildman–Crippen MR) is 105 cm³/mol. The van der Waals surface area contributed by atoms with Crippen molar-refractivity contribution in [2.24, 2.45) is 0 Å². The Morgan fingerprint density at radius 2 is 2.19 bits per heavy atom. The van der Waals surface area contributed by atoms with Crippen LogP contribution in [-0.4, -0.2) is 66.3 Å². The molecule has 3 aliphatic heterocycles. The molecule has 3 fully saturated rings. The van der Waals surface area contributed by atoms with E-state index in [-0.39, 0.29) is 5.60 Å². The first kappa shape index (κ1) is 17.9. The number of likely N-dealkylation sites (N-methyl/N-ethyl adjacent to an activating group) is 1. The first-order valence-electron chi connectivity index (χ1n) is 10.9. The number of pyridine rings is 1. The SMILES string of the molecule is CN1CCc2nccc(OC3CCC3)c2C1CCCN1CC2(CCCO2)C1. The number of nitrogens with zero attached hydrogens (tertiary/aromatic N) is 3. The van der Waals surface area contributed by atoms with Gasteiger partial charge in [0.1, 0.15) is 5.75 Å². The molecule has 1 spiro atoms. The molecule has 4 aliphatic rings. The number of rotatable bonds is 6. The summed E-state index contributed by atoms with van der Waals surface area (Å²) in [4.78, 5) is 9.78. The van der Waals surface area contributed by atoms with Crippen molar-refractivity contribution in [3.63, 3.8) is 0 Å². The van der Waals surface area contributed by atoms with E-state index in [4.69, 9.17) is 14.5 Å². The van der Waals surface area contributed by atoms with E-state index in [0.29, 0.717) is 12.1 Å². The third-order valence-electron chi connectivity index (χ3n) is 7.11. The normalized spacial score (nSPS) is 28.0. The van der Waals surface area contributed by atoms with Crippen LogP contribution in [0.3, 0.4) is 0 Å². The van der Waals surface area contributed by atoms with Gasteiger partial charge < -0.3 is 9.47 Å². The van der Waals surface area contributed by atoms with Crippen molar-refractivity contribution in [2.45, 2.75) is 69.1 Å². The fraction of sp³-hybridized carbons (Fsp3) is 0.773. The van der Waals surface area contributed by atoms with Gasteiger partial charge in [0.25, 0.3) is 0 Å². The molecule has 1 aromatic heterocycles. The molecule has 0 bridgehead atoms. The van der Waals surface area contributed by atoms with Crippen molar-refractivity contribution in [1.82, 2.24) is 14.8 Å². The van der Waals surface area contributed by atoms with Crippen LogP contribution in [0.2, 0.25) is 0 Å². The largest absolute Gasteiger partial charge is 0.490 e. The van der Waals surface area contributed by atoms with Crippen LogP contribution in [0.25, 0.3) is 0 Å². The lowest BCUT2D eigenvalue weighted by Gasteiger charge is -2.47. The molecule has 5 heteroatoms. The summed E-state index contributed by atoms with van der Waals surface area (Å²) in [6.45, 7) is 5.53. The first-order valence-corrected chi connectivity index (χ1v) is 10.9. The molecule has 1 saturated carbocycles. The zero-order valence-corrected chi connectivity index (χ0v) is 16.7. The third kappa shape index (κ3) is 3.50. The smallest absolute Gasteiger partial charge is 0.127 e. The maximum Gasteiger partial charge on any atom is 0.127 e. The maximum atomic E-state index is 6.36. The van der Waals surface area contributed by atoms with E-state index in [0.717, 1.165) is 38.4 Å². The number of ether oxygens (including phenoxy) is 2. The minimum atomic E-state index is 0.224. The fourth-order valence-electron chi connectivity index (χ4n) is 5.29. The molecule has 0 N–H and O–H groups in total. The van der Waals surface area contributed by atoms with E-state index in [1.165, 1.54) is 62.7 Å². The van der Waals surface area contributed by atoms with Crippen LogP contribution in [-0.2, 0) is 11.2 Å². The van der Waals surface area contributed by atoms with E-state index >= 15 is 0 Å². The van der Waals surface area contributed by atoms with Crippen molar-refractivity contribution in [3.8, 4) is 5.75 Å². The van der Waals surface area contributed by atoms with Gasteiger partial charge in [0, 0.05) is 50.5 Å². The highest BCUT2D eigenvalue weighted by Gasteiger charge is 2.45. The van der Waals surface area contributed by atoms with Crippen molar-refractivity contribution in [3.05, 3.63) is 23.5 Å². The molecule has 0 aromatic carbocycles. The van der Waals surface area contributed by atoms with Crippen LogP contribution < -0.4 is 4.74 Å². The van der Waals surface area contributed by atoms with Gasteiger partial charge in [0.15, 0.2) is 0 Å². The first-order chi connectivity index (χ1) is 13.2. The maximum absolute atomic E-state index is 6.36. The van der Waals surface area contributed by atoms with Crippen LogP contribution in [0.1, 0.15) is 62.2 Å². The van der Waals surface area contributed by atoms with Gasteiger partial charge in [-0.3, -0.25) is 14.8 Å². The average molecular weight is 372 g/mol. The Bertz CT molecular complexity index is 662. The van der Waals surface area contributed by atoms with Gasteiger partial charge >= 0.3 is 0 Å². The Labute approximate surface area is 163 Å². The lowest BCUT2D eigenvalue weighted by molar-refractivity contribution is -0.111. The third-order valence-corrected chi connectivity index (χ3v) is 7.11. The summed E-state index contributed by atoms with van der Waals surface area (Å²) < 4.78 is 12.3. The molecule has 2 saturated heterocycles. The zero-order valence-electron chi connectivity index (χ0n) is 16.7. The van der Waals surface area contributed by atoms with Gasteiger partial charge in [0.2, 0.25) is 0 Å². The second-order valence-electron chi connectivity index (χ2n) is 9.07. The molecule has 1 aromatic rings. The Hall–Kier alpha value is -1.17. The Morgan fingerprint density at radius 3 is 2.93 bits per heavy atom. The lowest BCUT2D eigenvalue weighted by atomic mass is 9.89. The summed E-state index contributed by atoms with van der Waals surface area (Å²) in [6.07, 6.45) is 12.0. The molecule has 27 heavy (non-hydrogen) atoms. The topological polar surface area (TPSA) is 37.8 Å². The highest BCUT2D eigenvalue weighted by Crippen LogP contribution is 2.40. The van der Waals surface area contributed by atoms with Crippen LogP contribution in [0.5, 0.6) is 5.75 Å². The second kappa shape index (κ2) is 7.34. The summed E-state index contributed by atoms with van der Waals surface area (Å²) in [5.74, 6) is 1.10. The number of fused-ring (bicyclic) bond motifs is 1. The van der Waals surface area contributed by atoms with Gasteiger partial charge in [-0.25, -0.2) is 0 Å². The summed E-state index contributed by atoms with van der Waals surface area (Å²) in [6, 6.07) is 2.54. The van der Waals surface area contributed by atoms with Gasteiger partial charge in [0.05, 0.1) is 17.4 Å². The molecule has 4 heterocycles. The number of hydrogen-bond acceptors (Lipinski definition) is 5. The summed E-state index contributed by atoms with van der Waals surface area (Å²) in [5.41, 5.74) is 2.86. The van der Waals surface area contributed by atoms with E-state index in [9.17, 15) is 0 Å². The summed E-state index contributed by atoms with van der Waals surface area (Å²) >= 11 is 0. The van der Waals surface area contributed by atoms with E-state index in [1.807, 2.05) is 6.20 Å². The molecule has 0 amide bonds. The van der Waals surface area contributed by atoms with Crippen LogP contribution >= 0.6 is 0 Å². The summed E-state index contributed by atoms with van der Waals surface area (Å²) in [7, 11) is 2.26. The number of hydrogen-bond donors (Lipinski definition) is 0. The van der Waals surface area contributed by atoms with Crippen molar-refractivity contribution >= 4 is 0 Å². The molecule has 148 valence electrons. The van der Waals surface area contributed by atoms with Gasteiger partial charge in [-0.05, 0) is 64.6 Å².